The Kier molecular flexibility index (Phi) is 2.50. The molecule has 0 aliphatic rings. The van der Waals surface area contributed by atoms with Crippen LogP contribution < -0.4 is 5.73 Å². The third kappa shape index (κ3) is 2.10. The van der Waals surface area contributed by atoms with Gasteiger partial charge < -0.3 is 5.73 Å². The van der Waals surface area contributed by atoms with E-state index in [1.165, 1.54) is 12.2 Å². The molecule has 0 saturated carbocycles. The van der Waals surface area contributed by atoms with Crippen LogP contribution in [0.15, 0.2) is 12.3 Å². The summed E-state index contributed by atoms with van der Waals surface area (Å²) in [6, 6.07) is 0. The van der Waals surface area contributed by atoms with Crippen molar-refractivity contribution in [1.29, 1.82) is 0 Å². The standard InChI is InChI=1S/C7H8ClN3O/c1-11-4-5(8)6(10-11)2-3-7(9)12/h2-4H,1H3,(H2,9,12). The molecule has 0 radical (unpaired) electrons. The molecule has 0 aliphatic carbocycles. The molecule has 2 N–H and O–H groups in total. The molecule has 1 heterocycles. The van der Waals surface area contributed by atoms with Gasteiger partial charge in [0.05, 0.1) is 5.02 Å². The van der Waals surface area contributed by atoms with Crippen molar-refractivity contribution in [3.05, 3.63) is 23.0 Å². The molecule has 1 amide bonds. The van der Waals surface area contributed by atoms with Gasteiger partial charge in [0.25, 0.3) is 0 Å². The van der Waals surface area contributed by atoms with Crippen LogP contribution in [0.1, 0.15) is 5.69 Å². The number of hydrogen-bond donors (Lipinski definition) is 1. The number of rotatable bonds is 2. The van der Waals surface area contributed by atoms with Crippen molar-refractivity contribution in [1.82, 2.24) is 9.78 Å². The predicted octanol–water partition coefficient (Wildman–Crippen LogP) is 0.572. The number of aryl methyl sites for hydroxylation is 1. The van der Waals surface area contributed by atoms with E-state index < -0.39 is 5.91 Å². The van der Waals surface area contributed by atoms with Crippen molar-refractivity contribution < 1.29 is 4.79 Å². The van der Waals surface area contributed by atoms with Gasteiger partial charge in [-0.15, -0.1) is 0 Å². The molecule has 0 aromatic carbocycles. The number of amides is 1. The highest BCUT2D eigenvalue weighted by atomic mass is 35.5. The number of carbonyl (C=O) groups excluding carboxylic acids is 1. The summed E-state index contributed by atoms with van der Waals surface area (Å²) in [5, 5.41) is 4.47. The van der Waals surface area contributed by atoms with E-state index in [9.17, 15) is 4.79 Å². The molecule has 0 unspecified atom stereocenters. The lowest BCUT2D eigenvalue weighted by atomic mass is 10.4. The molecule has 64 valence electrons. The average Bonchev–Trinajstić information content (AvgIpc) is 2.26. The Morgan fingerprint density at radius 3 is 2.92 bits per heavy atom. The van der Waals surface area contributed by atoms with E-state index in [2.05, 4.69) is 5.10 Å². The summed E-state index contributed by atoms with van der Waals surface area (Å²) in [5.74, 6) is -0.517. The second-order valence-electron chi connectivity index (χ2n) is 2.27. The highest BCUT2D eigenvalue weighted by molar-refractivity contribution is 6.31. The Morgan fingerprint density at radius 1 is 1.83 bits per heavy atom. The van der Waals surface area contributed by atoms with E-state index >= 15 is 0 Å². The fourth-order valence-electron chi connectivity index (χ4n) is 0.751. The minimum absolute atomic E-state index is 0.495. The first-order valence-corrected chi connectivity index (χ1v) is 3.64. The maximum Gasteiger partial charge on any atom is 0.241 e. The number of carbonyl (C=O) groups is 1. The Bertz CT molecular complexity index is 329. The first kappa shape index (κ1) is 8.80. The first-order valence-electron chi connectivity index (χ1n) is 3.26. The van der Waals surface area contributed by atoms with Gasteiger partial charge >= 0.3 is 0 Å². The van der Waals surface area contributed by atoms with E-state index in [1.807, 2.05) is 0 Å². The zero-order chi connectivity index (χ0) is 9.14. The molecule has 12 heavy (non-hydrogen) atoms. The summed E-state index contributed by atoms with van der Waals surface area (Å²) < 4.78 is 1.56. The quantitative estimate of drug-likeness (QED) is 0.685. The minimum atomic E-state index is -0.517. The van der Waals surface area contributed by atoms with Gasteiger partial charge in [-0.05, 0) is 6.08 Å². The molecule has 0 spiro atoms. The van der Waals surface area contributed by atoms with Crippen LogP contribution in [0.25, 0.3) is 6.08 Å². The van der Waals surface area contributed by atoms with Gasteiger partial charge in [-0.25, -0.2) is 0 Å². The van der Waals surface area contributed by atoms with Crippen LogP contribution >= 0.6 is 11.6 Å². The summed E-state index contributed by atoms with van der Waals surface area (Å²) in [6.07, 6.45) is 4.33. The predicted molar refractivity (Wildman–Crippen MR) is 46.4 cm³/mol. The lowest BCUT2D eigenvalue weighted by Gasteiger charge is -1.84. The second-order valence-corrected chi connectivity index (χ2v) is 2.68. The molecule has 0 fully saturated rings. The molecule has 5 heteroatoms. The van der Waals surface area contributed by atoms with Gasteiger partial charge in [0.2, 0.25) is 5.91 Å². The molecular weight excluding hydrogens is 178 g/mol. The fraction of sp³-hybridized carbons (Fsp3) is 0.143. The molecular formula is C7H8ClN3O. The van der Waals surface area contributed by atoms with Gasteiger partial charge in [0.1, 0.15) is 5.69 Å². The van der Waals surface area contributed by atoms with Crippen LogP contribution in [0, 0.1) is 0 Å². The molecule has 0 saturated heterocycles. The zero-order valence-electron chi connectivity index (χ0n) is 6.49. The van der Waals surface area contributed by atoms with Gasteiger partial charge in [-0.3, -0.25) is 9.48 Å². The molecule has 0 bridgehead atoms. The monoisotopic (exact) mass is 185 g/mol. The topological polar surface area (TPSA) is 60.9 Å². The zero-order valence-corrected chi connectivity index (χ0v) is 7.25. The maximum atomic E-state index is 10.3. The maximum absolute atomic E-state index is 10.3. The van der Waals surface area contributed by atoms with E-state index in [4.69, 9.17) is 17.3 Å². The third-order valence-corrected chi connectivity index (χ3v) is 1.51. The highest BCUT2D eigenvalue weighted by Gasteiger charge is 2.00. The van der Waals surface area contributed by atoms with Crippen LogP contribution in [0.5, 0.6) is 0 Å². The number of aromatic nitrogens is 2. The highest BCUT2D eigenvalue weighted by Crippen LogP contribution is 2.13. The molecule has 1 rings (SSSR count). The van der Waals surface area contributed by atoms with Gasteiger partial charge in [0, 0.05) is 19.3 Å². The summed E-state index contributed by atoms with van der Waals surface area (Å²) in [4.78, 5) is 10.3. The van der Waals surface area contributed by atoms with E-state index in [0.717, 1.165) is 0 Å². The van der Waals surface area contributed by atoms with Crippen LogP contribution in [-0.2, 0) is 11.8 Å². The van der Waals surface area contributed by atoms with E-state index in [1.54, 1.807) is 17.9 Å². The smallest absolute Gasteiger partial charge is 0.241 e. The number of hydrogen-bond acceptors (Lipinski definition) is 2. The van der Waals surface area contributed by atoms with Crippen molar-refractivity contribution in [2.24, 2.45) is 12.8 Å². The number of nitrogens with two attached hydrogens (primary N) is 1. The first-order chi connectivity index (χ1) is 5.59. The molecule has 0 aliphatic heterocycles. The van der Waals surface area contributed by atoms with Crippen LogP contribution in [0.2, 0.25) is 5.02 Å². The summed E-state index contributed by atoms with van der Waals surface area (Å²) in [5.41, 5.74) is 5.43. The van der Waals surface area contributed by atoms with Crippen LogP contribution in [0.3, 0.4) is 0 Å². The van der Waals surface area contributed by atoms with Gasteiger partial charge in [0.15, 0.2) is 0 Å². The number of halogens is 1. The van der Waals surface area contributed by atoms with Gasteiger partial charge in [-0.1, -0.05) is 11.6 Å². The lowest BCUT2D eigenvalue weighted by Crippen LogP contribution is -2.05. The van der Waals surface area contributed by atoms with Crippen LogP contribution in [0.4, 0.5) is 0 Å². The normalized spacial score (nSPS) is 10.8. The fourth-order valence-corrected chi connectivity index (χ4v) is 0.993. The molecule has 1 aromatic heterocycles. The number of nitrogens with zero attached hydrogens (tertiary/aromatic N) is 2. The van der Waals surface area contributed by atoms with Crippen molar-refractivity contribution >= 4 is 23.6 Å². The summed E-state index contributed by atoms with van der Waals surface area (Å²) >= 11 is 5.74. The lowest BCUT2D eigenvalue weighted by molar-refractivity contribution is -0.113. The van der Waals surface area contributed by atoms with Crippen molar-refractivity contribution in [2.45, 2.75) is 0 Å². The third-order valence-electron chi connectivity index (χ3n) is 1.22. The Balaban J connectivity index is 2.89. The minimum Gasteiger partial charge on any atom is -0.366 e. The summed E-state index contributed by atoms with van der Waals surface area (Å²) in [7, 11) is 1.74. The SMILES string of the molecule is Cn1cc(Cl)c(C=CC(N)=O)n1. The Labute approximate surface area is 74.6 Å². The Morgan fingerprint density at radius 2 is 2.50 bits per heavy atom. The molecule has 4 nitrogen and oxygen atoms in total. The van der Waals surface area contributed by atoms with Crippen molar-refractivity contribution in [3.8, 4) is 0 Å². The largest absolute Gasteiger partial charge is 0.366 e. The summed E-state index contributed by atoms with van der Waals surface area (Å²) in [6.45, 7) is 0. The van der Waals surface area contributed by atoms with E-state index in [-0.39, 0.29) is 0 Å². The van der Waals surface area contributed by atoms with Gasteiger partial charge in [-0.2, -0.15) is 5.10 Å². The Hall–Kier alpha value is -1.29. The van der Waals surface area contributed by atoms with Crippen molar-refractivity contribution in [2.75, 3.05) is 0 Å². The van der Waals surface area contributed by atoms with Crippen LogP contribution in [-0.4, -0.2) is 15.7 Å². The van der Waals surface area contributed by atoms with Crippen molar-refractivity contribution in [3.63, 3.8) is 0 Å². The average molecular weight is 186 g/mol. The second kappa shape index (κ2) is 3.40. The molecule has 1 aromatic rings. The number of primary amides is 1. The van der Waals surface area contributed by atoms with E-state index in [0.29, 0.717) is 10.7 Å². The molecule has 0 atom stereocenters.